The van der Waals surface area contributed by atoms with Crippen molar-refractivity contribution in [2.75, 3.05) is 19.8 Å². The number of carbonyl (C=O) groups excluding carboxylic acids is 1. The number of halogens is 1. The minimum Gasteiger partial charge on any atom is -0.490 e. The highest BCUT2D eigenvalue weighted by Gasteiger charge is 2.13. The van der Waals surface area contributed by atoms with Crippen LogP contribution in [0.5, 0.6) is 11.5 Å². The quantitative estimate of drug-likeness (QED) is 0.719. The van der Waals surface area contributed by atoms with E-state index in [1.165, 1.54) is 0 Å². The van der Waals surface area contributed by atoms with Gasteiger partial charge in [0, 0.05) is 4.47 Å². The van der Waals surface area contributed by atoms with E-state index in [-0.39, 0.29) is 12.4 Å². The lowest BCUT2D eigenvalue weighted by Gasteiger charge is -2.14. The van der Waals surface area contributed by atoms with E-state index < -0.39 is 0 Å². The fourth-order valence-electron chi connectivity index (χ4n) is 1.62. The molecule has 0 aliphatic heterocycles. The summed E-state index contributed by atoms with van der Waals surface area (Å²) in [4.78, 5) is 11.5. The van der Waals surface area contributed by atoms with Gasteiger partial charge >= 0.3 is 5.97 Å². The molecule has 0 fully saturated rings. The highest BCUT2D eigenvalue weighted by atomic mass is 79.9. The highest BCUT2D eigenvalue weighted by Crippen LogP contribution is 2.34. The molecule has 0 bridgehead atoms. The SMILES string of the molecule is CCOC(=O)Cc1cc(OCC)c(OCC)cc1Br. The fraction of sp³-hybridized carbons (Fsp3) is 0.500. The molecule has 106 valence electrons. The normalized spacial score (nSPS) is 10.1. The lowest BCUT2D eigenvalue weighted by molar-refractivity contribution is -0.142. The van der Waals surface area contributed by atoms with Gasteiger partial charge in [-0.3, -0.25) is 4.79 Å². The molecule has 0 saturated carbocycles. The van der Waals surface area contributed by atoms with Crippen molar-refractivity contribution >= 4 is 21.9 Å². The van der Waals surface area contributed by atoms with Crippen molar-refractivity contribution in [3.8, 4) is 11.5 Å². The molecule has 0 aliphatic carbocycles. The number of hydrogen-bond donors (Lipinski definition) is 0. The molecular formula is C14H19BrO4. The van der Waals surface area contributed by atoms with E-state index in [0.717, 1.165) is 10.0 Å². The van der Waals surface area contributed by atoms with Crippen LogP contribution in [0.3, 0.4) is 0 Å². The first-order valence-electron chi connectivity index (χ1n) is 6.35. The number of esters is 1. The van der Waals surface area contributed by atoms with Crippen LogP contribution in [0.2, 0.25) is 0 Å². The van der Waals surface area contributed by atoms with Gasteiger partial charge in [0.05, 0.1) is 26.2 Å². The van der Waals surface area contributed by atoms with Crippen LogP contribution in [0.1, 0.15) is 26.3 Å². The van der Waals surface area contributed by atoms with Crippen LogP contribution in [0.15, 0.2) is 16.6 Å². The van der Waals surface area contributed by atoms with Gasteiger partial charge in [-0.2, -0.15) is 0 Å². The lowest BCUT2D eigenvalue weighted by atomic mass is 10.1. The van der Waals surface area contributed by atoms with Crippen molar-refractivity contribution in [1.29, 1.82) is 0 Å². The molecule has 0 heterocycles. The predicted octanol–water partition coefficient (Wildman–Crippen LogP) is 3.35. The summed E-state index contributed by atoms with van der Waals surface area (Å²) in [7, 11) is 0. The largest absolute Gasteiger partial charge is 0.490 e. The first kappa shape index (κ1) is 15.8. The van der Waals surface area contributed by atoms with Gasteiger partial charge < -0.3 is 14.2 Å². The average Bonchev–Trinajstić information content (AvgIpc) is 2.35. The number of ether oxygens (including phenoxy) is 3. The van der Waals surface area contributed by atoms with Gasteiger partial charge in [-0.15, -0.1) is 0 Å². The summed E-state index contributed by atoms with van der Waals surface area (Å²) in [6, 6.07) is 3.64. The maximum atomic E-state index is 11.5. The standard InChI is InChI=1S/C14H19BrO4/c1-4-17-12-7-10(8-14(16)19-6-3)11(15)9-13(12)18-5-2/h7,9H,4-6,8H2,1-3H3. The van der Waals surface area contributed by atoms with Crippen molar-refractivity contribution in [2.24, 2.45) is 0 Å². The summed E-state index contributed by atoms with van der Waals surface area (Å²) < 4.78 is 16.8. The molecule has 0 spiro atoms. The molecule has 1 aromatic carbocycles. The van der Waals surface area contributed by atoms with Gasteiger partial charge in [0.1, 0.15) is 0 Å². The van der Waals surface area contributed by atoms with Crippen molar-refractivity contribution < 1.29 is 19.0 Å². The molecular weight excluding hydrogens is 312 g/mol. The fourth-order valence-corrected chi connectivity index (χ4v) is 2.08. The minimum absolute atomic E-state index is 0.209. The molecule has 0 atom stereocenters. The first-order valence-corrected chi connectivity index (χ1v) is 7.15. The van der Waals surface area contributed by atoms with Gasteiger partial charge in [-0.05, 0) is 38.5 Å². The Morgan fingerprint density at radius 1 is 1.05 bits per heavy atom. The number of hydrogen-bond acceptors (Lipinski definition) is 4. The molecule has 0 amide bonds. The third kappa shape index (κ3) is 4.74. The van der Waals surface area contributed by atoms with Gasteiger partial charge in [0.15, 0.2) is 11.5 Å². The highest BCUT2D eigenvalue weighted by molar-refractivity contribution is 9.10. The van der Waals surface area contributed by atoms with E-state index in [0.29, 0.717) is 31.3 Å². The van der Waals surface area contributed by atoms with Crippen molar-refractivity contribution in [2.45, 2.75) is 27.2 Å². The Labute approximate surface area is 122 Å². The number of carbonyl (C=O) groups is 1. The van der Waals surface area contributed by atoms with Gasteiger partial charge in [0.25, 0.3) is 0 Å². The van der Waals surface area contributed by atoms with Crippen molar-refractivity contribution in [3.05, 3.63) is 22.2 Å². The zero-order valence-electron chi connectivity index (χ0n) is 11.5. The summed E-state index contributed by atoms with van der Waals surface area (Å²) in [6.07, 6.45) is 0.209. The topological polar surface area (TPSA) is 44.8 Å². The predicted molar refractivity (Wildman–Crippen MR) is 76.8 cm³/mol. The third-order valence-corrected chi connectivity index (χ3v) is 3.09. The van der Waals surface area contributed by atoms with Crippen molar-refractivity contribution in [1.82, 2.24) is 0 Å². The Morgan fingerprint density at radius 3 is 2.16 bits per heavy atom. The lowest BCUT2D eigenvalue weighted by Crippen LogP contribution is -2.08. The van der Waals surface area contributed by atoms with Crippen LogP contribution < -0.4 is 9.47 Å². The van der Waals surface area contributed by atoms with Gasteiger partial charge in [-0.25, -0.2) is 0 Å². The number of benzene rings is 1. The third-order valence-electron chi connectivity index (χ3n) is 2.35. The van der Waals surface area contributed by atoms with E-state index in [1.54, 1.807) is 6.92 Å². The molecule has 0 aliphatic rings. The Morgan fingerprint density at radius 2 is 1.63 bits per heavy atom. The van der Waals surface area contributed by atoms with Crippen LogP contribution in [0.25, 0.3) is 0 Å². The van der Waals surface area contributed by atoms with E-state index in [1.807, 2.05) is 26.0 Å². The van der Waals surface area contributed by atoms with Gasteiger partial charge in [0.2, 0.25) is 0 Å². The Hall–Kier alpha value is -1.23. The van der Waals surface area contributed by atoms with E-state index in [4.69, 9.17) is 14.2 Å². The Balaban J connectivity index is 2.98. The maximum absolute atomic E-state index is 11.5. The second-order valence-corrected chi connectivity index (χ2v) is 4.59. The summed E-state index contributed by atoms with van der Waals surface area (Å²) in [6.45, 7) is 7.09. The summed E-state index contributed by atoms with van der Waals surface area (Å²) in [5, 5.41) is 0. The summed E-state index contributed by atoms with van der Waals surface area (Å²) in [5.74, 6) is 1.06. The molecule has 19 heavy (non-hydrogen) atoms. The number of rotatable bonds is 7. The molecule has 0 N–H and O–H groups in total. The molecule has 0 radical (unpaired) electrons. The van der Waals surface area contributed by atoms with E-state index >= 15 is 0 Å². The molecule has 1 aromatic rings. The summed E-state index contributed by atoms with van der Waals surface area (Å²) >= 11 is 3.44. The molecule has 4 nitrogen and oxygen atoms in total. The molecule has 5 heteroatoms. The average molecular weight is 331 g/mol. The molecule has 0 unspecified atom stereocenters. The first-order chi connectivity index (χ1) is 9.12. The molecule has 0 aromatic heterocycles. The Kier molecular flexibility index (Phi) is 6.70. The smallest absolute Gasteiger partial charge is 0.310 e. The zero-order chi connectivity index (χ0) is 14.3. The van der Waals surface area contributed by atoms with Crippen LogP contribution >= 0.6 is 15.9 Å². The second kappa shape index (κ2) is 8.04. The molecule has 0 saturated heterocycles. The van der Waals surface area contributed by atoms with Crippen LogP contribution in [-0.2, 0) is 16.0 Å². The second-order valence-electron chi connectivity index (χ2n) is 3.74. The van der Waals surface area contributed by atoms with Crippen LogP contribution in [-0.4, -0.2) is 25.8 Å². The van der Waals surface area contributed by atoms with Crippen LogP contribution in [0, 0.1) is 0 Å². The van der Waals surface area contributed by atoms with Gasteiger partial charge in [-0.1, -0.05) is 15.9 Å². The monoisotopic (exact) mass is 330 g/mol. The summed E-state index contributed by atoms with van der Waals surface area (Å²) in [5.41, 5.74) is 0.824. The van der Waals surface area contributed by atoms with E-state index in [9.17, 15) is 4.79 Å². The van der Waals surface area contributed by atoms with E-state index in [2.05, 4.69) is 15.9 Å². The Bertz CT molecular complexity index is 432. The van der Waals surface area contributed by atoms with Crippen LogP contribution in [0.4, 0.5) is 0 Å². The maximum Gasteiger partial charge on any atom is 0.310 e. The van der Waals surface area contributed by atoms with Crippen molar-refractivity contribution in [3.63, 3.8) is 0 Å². The molecule has 1 rings (SSSR count). The minimum atomic E-state index is -0.255. The zero-order valence-corrected chi connectivity index (χ0v) is 13.1.